The van der Waals surface area contributed by atoms with Gasteiger partial charge < -0.3 is 15.2 Å². The maximum Gasteiger partial charge on any atom is 0.246 e. The number of hydrogen-bond acceptors (Lipinski definition) is 7. The molecular formula is C34H41N3O5. The number of carbonyl (C=O) groups is 3. The van der Waals surface area contributed by atoms with Crippen LogP contribution in [0.4, 0.5) is 0 Å². The summed E-state index contributed by atoms with van der Waals surface area (Å²) >= 11 is 0. The summed E-state index contributed by atoms with van der Waals surface area (Å²) in [5.74, 6) is 0.603. The van der Waals surface area contributed by atoms with Gasteiger partial charge in [0.2, 0.25) is 11.8 Å². The van der Waals surface area contributed by atoms with E-state index in [0.717, 1.165) is 24.2 Å². The third kappa shape index (κ3) is 8.27. The van der Waals surface area contributed by atoms with Crippen LogP contribution in [0.1, 0.15) is 49.0 Å². The first kappa shape index (κ1) is 30.9. The molecule has 0 bridgehead atoms. The molecule has 222 valence electrons. The number of imide groups is 1. The standard InChI is InChI=1S/C34H41N3O5/c1-3-25(2)32(35)34(40)37(23-26-11-6-4-7-12-26)33(39)30-15-10-20-36(30)24-31(38)27-16-18-29(19-17-27)42-22-21-41-28-13-8-5-9-14-28/h4-9,11-14,16-19,25,30,32H,3,10,15,20-24,35H2,1-2H3/t25-,30-,32-/m0/s1. The molecule has 0 spiro atoms. The lowest BCUT2D eigenvalue weighted by atomic mass is 9.98. The van der Waals surface area contributed by atoms with Crippen molar-refractivity contribution in [2.24, 2.45) is 11.7 Å². The zero-order valence-electron chi connectivity index (χ0n) is 24.5. The Hall–Kier alpha value is -4.01. The molecule has 0 radical (unpaired) electrons. The number of Topliss-reactive ketones (excluding diaryl/α,β-unsaturated/α-hetero) is 1. The van der Waals surface area contributed by atoms with Crippen molar-refractivity contribution in [3.8, 4) is 11.5 Å². The third-order valence-corrected chi connectivity index (χ3v) is 7.79. The summed E-state index contributed by atoms with van der Waals surface area (Å²) in [6, 6.07) is 24.6. The fourth-order valence-electron chi connectivity index (χ4n) is 5.03. The van der Waals surface area contributed by atoms with Crippen molar-refractivity contribution in [2.75, 3.05) is 26.3 Å². The van der Waals surface area contributed by atoms with E-state index in [0.29, 0.717) is 37.5 Å². The molecule has 3 atom stereocenters. The van der Waals surface area contributed by atoms with Gasteiger partial charge in [-0.2, -0.15) is 0 Å². The highest BCUT2D eigenvalue weighted by Gasteiger charge is 2.38. The lowest BCUT2D eigenvalue weighted by Crippen LogP contribution is -2.54. The molecule has 1 aliphatic heterocycles. The average Bonchev–Trinajstić information content (AvgIpc) is 3.49. The summed E-state index contributed by atoms with van der Waals surface area (Å²) < 4.78 is 11.4. The molecule has 42 heavy (non-hydrogen) atoms. The Morgan fingerprint density at radius 3 is 2.12 bits per heavy atom. The minimum Gasteiger partial charge on any atom is -0.490 e. The quantitative estimate of drug-likeness (QED) is 0.221. The Balaban J connectivity index is 1.36. The molecule has 0 aliphatic carbocycles. The van der Waals surface area contributed by atoms with Crippen molar-refractivity contribution in [1.29, 1.82) is 0 Å². The van der Waals surface area contributed by atoms with E-state index in [1.807, 2.05) is 79.4 Å². The summed E-state index contributed by atoms with van der Waals surface area (Å²) in [4.78, 5) is 43.7. The number of hydrogen-bond donors (Lipinski definition) is 1. The zero-order chi connectivity index (χ0) is 29.9. The molecule has 8 heteroatoms. The van der Waals surface area contributed by atoms with Gasteiger partial charge in [0.05, 0.1) is 25.2 Å². The second-order valence-electron chi connectivity index (χ2n) is 10.7. The lowest BCUT2D eigenvalue weighted by Gasteiger charge is -2.31. The van der Waals surface area contributed by atoms with Crippen LogP contribution in [0.5, 0.6) is 11.5 Å². The molecule has 0 unspecified atom stereocenters. The number of para-hydroxylation sites is 1. The van der Waals surface area contributed by atoms with Gasteiger partial charge in [0.1, 0.15) is 24.7 Å². The van der Waals surface area contributed by atoms with Gasteiger partial charge in [-0.05, 0) is 67.3 Å². The molecule has 8 nitrogen and oxygen atoms in total. The van der Waals surface area contributed by atoms with Crippen LogP contribution in [-0.4, -0.2) is 65.8 Å². The van der Waals surface area contributed by atoms with E-state index in [4.69, 9.17) is 15.2 Å². The van der Waals surface area contributed by atoms with Crippen LogP contribution in [0.15, 0.2) is 84.9 Å². The van der Waals surface area contributed by atoms with E-state index in [9.17, 15) is 14.4 Å². The third-order valence-electron chi connectivity index (χ3n) is 7.79. The number of likely N-dealkylation sites (tertiary alicyclic amines) is 1. The molecular weight excluding hydrogens is 530 g/mol. The normalized spacial score (nSPS) is 16.4. The summed E-state index contributed by atoms with van der Waals surface area (Å²) in [5, 5.41) is 0. The van der Waals surface area contributed by atoms with E-state index < -0.39 is 12.1 Å². The first-order valence-corrected chi connectivity index (χ1v) is 14.7. The van der Waals surface area contributed by atoms with Crippen LogP contribution in [0.3, 0.4) is 0 Å². The molecule has 4 rings (SSSR count). The van der Waals surface area contributed by atoms with Crippen molar-refractivity contribution in [3.05, 3.63) is 96.1 Å². The molecule has 3 aromatic carbocycles. The molecule has 0 saturated carbocycles. The number of ether oxygens (including phenoxy) is 2. The number of nitrogens with two attached hydrogens (primary N) is 1. The highest BCUT2D eigenvalue weighted by molar-refractivity contribution is 6.01. The summed E-state index contributed by atoms with van der Waals surface area (Å²) in [7, 11) is 0. The van der Waals surface area contributed by atoms with E-state index in [1.165, 1.54) is 4.90 Å². The van der Waals surface area contributed by atoms with E-state index >= 15 is 0 Å². The van der Waals surface area contributed by atoms with E-state index in [1.54, 1.807) is 24.3 Å². The Labute approximate surface area is 248 Å². The van der Waals surface area contributed by atoms with Crippen LogP contribution >= 0.6 is 0 Å². The second kappa shape index (κ2) is 15.3. The van der Waals surface area contributed by atoms with Gasteiger partial charge in [-0.25, -0.2) is 0 Å². The Morgan fingerprint density at radius 2 is 1.50 bits per heavy atom. The molecule has 1 fully saturated rings. The van der Waals surface area contributed by atoms with Gasteiger partial charge in [0.15, 0.2) is 5.78 Å². The minimum atomic E-state index is -0.773. The van der Waals surface area contributed by atoms with Crippen LogP contribution in [0.25, 0.3) is 0 Å². The fraction of sp³-hybridized carbons (Fsp3) is 0.382. The molecule has 1 heterocycles. The van der Waals surface area contributed by atoms with E-state index in [2.05, 4.69) is 0 Å². The highest BCUT2D eigenvalue weighted by Crippen LogP contribution is 2.23. The maximum atomic E-state index is 13.9. The van der Waals surface area contributed by atoms with Gasteiger partial charge in [-0.15, -0.1) is 0 Å². The average molecular weight is 572 g/mol. The zero-order valence-corrected chi connectivity index (χ0v) is 24.5. The van der Waals surface area contributed by atoms with Gasteiger partial charge in [0, 0.05) is 5.56 Å². The fourth-order valence-corrected chi connectivity index (χ4v) is 5.03. The van der Waals surface area contributed by atoms with Crippen molar-refractivity contribution in [1.82, 2.24) is 9.80 Å². The summed E-state index contributed by atoms with van der Waals surface area (Å²) in [5.41, 5.74) is 7.69. The topological polar surface area (TPSA) is 102 Å². The molecule has 1 aliphatic rings. The highest BCUT2D eigenvalue weighted by atomic mass is 16.5. The Kier molecular flexibility index (Phi) is 11.3. The molecule has 2 amide bonds. The van der Waals surface area contributed by atoms with Crippen molar-refractivity contribution >= 4 is 17.6 Å². The number of nitrogens with zero attached hydrogens (tertiary/aromatic N) is 2. The van der Waals surface area contributed by atoms with Gasteiger partial charge >= 0.3 is 0 Å². The predicted octanol–water partition coefficient (Wildman–Crippen LogP) is 4.72. The molecule has 3 aromatic rings. The number of carbonyl (C=O) groups excluding carboxylic acids is 3. The molecule has 1 saturated heterocycles. The largest absolute Gasteiger partial charge is 0.490 e. The number of rotatable bonds is 14. The second-order valence-corrected chi connectivity index (χ2v) is 10.7. The number of amides is 2. The molecule has 2 N–H and O–H groups in total. The molecule has 0 aromatic heterocycles. The lowest BCUT2D eigenvalue weighted by molar-refractivity contribution is -0.149. The van der Waals surface area contributed by atoms with Crippen molar-refractivity contribution in [2.45, 2.75) is 51.7 Å². The van der Waals surface area contributed by atoms with Crippen LogP contribution < -0.4 is 15.2 Å². The monoisotopic (exact) mass is 571 g/mol. The number of benzene rings is 3. The number of ketones is 1. The van der Waals surface area contributed by atoms with Crippen LogP contribution in [-0.2, 0) is 16.1 Å². The first-order valence-electron chi connectivity index (χ1n) is 14.7. The SMILES string of the molecule is CC[C@H](C)[C@H](N)C(=O)N(Cc1ccccc1)C(=O)[C@@H]1CCCN1CC(=O)c1ccc(OCCOc2ccccc2)cc1. The van der Waals surface area contributed by atoms with Gasteiger partial charge in [-0.3, -0.25) is 24.2 Å². The summed E-state index contributed by atoms with van der Waals surface area (Å²) in [6.45, 7) is 5.52. The Morgan fingerprint density at radius 1 is 0.905 bits per heavy atom. The van der Waals surface area contributed by atoms with Gasteiger partial charge in [-0.1, -0.05) is 68.8 Å². The first-order chi connectivity index (χ1) is 20.4. The smallest absolute Gasteiger partial charge is 0.246 e. The van der Waals surface area contributed by atoms with Gasteiger partial charge in [0.25, 0.3) is 0 Å². The maximum absolute atomic E-state index is 13.9. The summed E-state index contributed by atoms with van der Waals surface area (Å²) in [6.07, 6.45) is 2.09. The predicted molar refractivity (Wildman–Crippen MR) is 162 cm³/mol. The minimum absolute atomic E-state index is 0.0619. The van der Waals surface area contributed by atoms with E-state index in [-0.39, 0.29) is 36.6 Å². The van der Waals surface area contributed by atoms with Crippen molar-refractivity contribution in [3.63, 3.8) is 0 Å². The van der Waals surface area contributed by atoms with Crippen molar-refractivity contribution < 1.29 is 23.9 Å². The van der Waals surface area contributed by atoms with Crippen LogP contribution in [0.2, 0.25) is 0 Å². The van der Waals surface area contributed by atoms with Crippen LogP contribution in [0, 0.1) is 5.92 Å². The Bertz CT molecular complexity index is 1300.